The van der Waals surface area contributed by atoms with Crippen molar-refractivity contribution >= 4 is 78.4 Å². The first-order valence-corrected chi connectivity index (χ1v) is 36.3. The number of halogens is 2. The third kappa shape index (κ3) is 30.3. The normalized spacial score (nSPS) is 19.6. The van der Waals surface area contributed by atoms with E-state index in [-0.39, 0.29) is 48.9 Å². The van der Waals surface area contributed by atoms with Crippen LogP contribution < -0.4 is 18.9 Å². The molecule has 0 radical (unpaired) electrons. The van der Waals surface area contributed by atoms with Gasteiger partial charge in [0.25, 0.3) is 0 Å². The Kier molecular flexibility index (Phi) is 35.0. The van der Waals surface area contributed by atoms with Gasteiger partial charge in [-0.05, 0) is 147 Å². The molecule has 4 rings (SSSR count). The van der Waals surface area contributed by atoms with E-state index in [2.05, 4.69) is 124 Å². The van der Waals surface area contributed by atoms with Crippen molar-refractivity contribution in [3.63, 3.8) is 0 Å². The molecule has 0 aromatic heterocycles. The molecule has 7 atom stereocenters. The van der Waals surface area contributed by atoms with Crippen LogP contribution in [0.3, 0.4) is 0 Å². The third-order valence-electron chi connectivity index (χ3n) is 12.3. The van der Waals surface area contributed by atoms with E-state index in [0.717, 1.165) is 68.0 Å². The number of ether oxygens (including phenoxy) is 6. The van der Waals surface area contributed by atoms with Crippen molar-refractivity contribution in [2.45, 2.75) is 222 Å². The number of unbranched alkanes of at least 4 members (excludes halogenated alkanes) is 1. The molecule has 2 aliphatic rings. The van der Waals surface area contributed by atoms with Gasteiger partial charge in [-0.25, -0.2) is 9.59 Å². The first-order valence-electron chi connectivity index (χ1n) is 27.3. The Hall–Kier alpha value is -2.38. The summed E-state index contributed by atoms with van der Waals surface area (Å²) in [4.78, 5) is 37.0. The smallest absolute Gasteiger partial charge is 0.462 e. The summed E-state index contributed by atoms with van der Waals surface area (Å²) in [6.45, 7) is 43.8. The second kappa shape index (κ2) is 36.2. The number of rotatable bonds is 20. The zero-order valence-electron chi connectivity index (χ0n) is 51.0. The second-order valence-electron chi connectivity index (χ2n) is 23.4. The first kappa shape index (κ1) is 74.6. The Morgan fingerprint density at radius 3 is 1.53 bits per heavy atom. The molecule has 2 heterocycles. The molecule has 0 spiro atoms. The summed E-state index contributed by atoms with van der Waals surface area (Å²) in [5.41, 5.74) is 6.80. The van der Waals surface area contributed by atoms with Crippen LogP contribution in [0.1, 0.15) is 155 Å². The van der Waals surface area contributed by atoms with Crippen molar-refractivity contribution in [1.29, 1.82) is 0 Å². The number of esters is 2. The zero-order chi connectivity index (χ0) is 58.2. The Balaban J connectivity index is 0.00000123. The standard InChI is InChI=1S/C29H44O5Si.C23H34O5Si.C6H10Br2.C4H9.Li/c1-10-20(2)14-15-24(30)27-25(33-29(5,6)34-27)13-11-12-23-19-21(3)18-22(4)26(23)28(31)32-16-17-35(7,8)9;1-16-13-17(2)21(22(25)26-11-12-29(5,6)7)18(14-16)9-8-10-19-20(15-24)28-23(3,4)27-19;1-3-5(2)4-6(7)8;1-3-4-2;/h11-12,18-20,24-25,27,30H,10,13,16-17H2,1-9H3;8-9,13-15,19-20H,10-12H2,1-7H3;4-5H,3H2,1-2H3;1,3-4H2,2H3;/q;;;-1;+1/b12-11+;9-8+;;;/t20-,24?,25?,27-;19?,20-;5-;;/m110../s1. The van der Waals surface area contributed by atoms with Gasteiger partial charge in [-0.15, -0.1) is 0 Å². The second-order valence-corrected chi connectivity index (χ2v) is 37.4. The van der Waals surface area contributed by atoms with Crippen molar-refractivity contribution < 1.29 is 66.8 Å². The molecule has 2 fully saturated rings. The van der Waals surface area contributed by atoms with Crippen LogP contribution in [0.2, 0.25) is 51.4 Å². The van der Waals surface area contributed by atoms with Crippen LogP contribution in [0, 0.1) is 58.3 Å². The number of hydrogen-bond donors (Lipinski definition) is 1. The molecule has 0 amide bonds. The van der Waals surface area contributed by atoms with E-state index in [1.165, 1.54) is 12.8 Å². The summed E-state index contributed by atoms with van der Waals surface area (Å²) in [5.74, 6) is 4.78. The van der Waals surface area contributed by atoms with Crippen LogP contribution in [-0.4, -0.2) is 94.8 Å². The minimum atomic E-state index is -1.29. The summed E-state index contributed by atoms with van der Waals surface area (Å²) >= 11 is 6.59. The zero-order valence-corrected chi connectivity index (χ0v) is 56.1. The summed E-state index contributed by atoms with van der Waals surface area (Å²) in [7, 11) is -2.55. The average molecular weight is 1230 g/mol. The maximum Gasteiger partial charge on any atom is 1.00 e. The van der Waals surface area contributed by atoms with Gasteiger partial charge in [-0.2, -0.15) is 6.42 Å². The van der Waals surface area contributed by atoms with E-state index >= 15 is 0 Å². The maximum atomic E-state index is 12.9. The number of hydrogen-bond acceptors (Lipinski definition) is 10. The van der Waals surface area contributed by atoms with Gasteiger partial charge in [0.15, 0.2) is 17.9 Å². The van der Waals surface area contributed by atoms with Crippen molar-refractivity contribution in [2.75, 3.05) is 13.2 Å². The van der Waals surface area contributed by atoms with E-state index in [9.17, 15) is 19.5 Å². The Bertz CT molecular complexity index is 2280. The molecule has 2 aromatic carbocycles. The molecular weight excluding hydrogens is 1130 g/mol. The van der Waals surface area contributed by atoms with Crippen molar-refractivity contribution in [3.8, 4) is 11.8 Å². The van der Waals surface area contributed by atoms with E-state index in [0.29, 0.717) is 43.1 Å². The van der Waals surface area contributed by atoms with Gasteiger partial charge in [0.2, 0.25) is 0 Å². The number of aldehydes is 1. The van der Waals surface area contributed by atoms with Gasteiger partial charge in [0.05, 0.1) is 39.9 Å². The summed E-state index contributed by atoms with van der Waals surface area (Å²) in [6, 6.07) is 9.85. The molecule has 0 aliphatic carbocycles. The monoisotopic (exact) mass is 1220 g/mol. The fraction of sp³-hybridized carbons (Fsp3) is 0.613. The van der Waals surface area contributed by atoms with Crippen LogP contribution in [0.25, 0.3) is 12.2 Å². The van der Waals surface area contributed by atoms with E-state index < -0.39 is 46.0 Å². The molecule has 1 N–H and O–H groups in total. The van der Waals surface area contributed by atoms with Gasteiger partial charge in [0.1, 0.15) is 18.3 Å². The molecule has 428 valence electrons. The number of carbonyl (C=O) groups excluding carboxylic acids is 3. The molecule has 3 unspecified atom stereocenters. The van der Waals surface area contributed by atoms with Crippen LogP contribution in [-0.2, 0) is 33.2 Å². The number of allylic oxidation sites excluding steroid dienone is 1. The molecule has 2 aromatic rings. The molecule has 77 heavy (non-hydrogen) atoms. The van der Waals surface area contributed by atoms with Crippen LogP contribution >= 0.6 is 31.9 Å². The molecule has 2 aliphatic heterocycles. The summed E-state index contributed by atoms with van der Waals surface area (Å²) in [5, 5.41) is 10.7. The number of aryl methyl sites for hydroxylation is 4. The number of benzene rings is 2. The van der Waals surface area contributed by atoms with Crippen LogP contribution in [0.15, 0.2) is 45.9 Å². The fourth-order valence-electron chi connectivity index (χ4n) is 7.74. The molecule has 2 saturated heterocycles. The predicted molar refractivity (Wildman–Crippen MR) is 329 cm³/mol. The Morgan fingerprint density at radius 1 is 0.727 bits per heavy atom. The Labute approximate surface area is 497 Å². The van der Waals surface area contributed by atoms with Crippen molar-refractivity contribution in [2.24, 2.45) is 11.8 Å². The first-order chi connectivity index (χ1) is 35.2. The summed E-state index contributed by atoms with van der Waals surface area (Å²) in [6.07, 6.45) is 13.4. The minimum Gasteiger partial charge on any atom is -0.462 e. The third-order valence-corrected chi connectivity index (χ3v) is 16.3. The van der Waals surface area contributed by atoms with Gasteiger partial charge in [0, 0.05) is 22.1 Å². The molecule has 15 heteroatoms. The topological polar surface area (TPSA) is 127 Å². The van der Waals surface area contributed by atoms with Gasteiger partial charge >= 0.3 is 30.8 Å². The van der Waals surface area contributed by atoms with Crippen molar-refractivity contribution in [1.82, 2.24) is 0 Å². The van der Waals surface area contributed by atoms with Gasteiger partial charge in [-0.1, -0.05) is 164 Å². The number of carbonyl (C=O) groups is 3. The molecular formula is C62H97Br2LiO10Si2. The number of aliphatic hydroxyl groups is 1. The molecule has 10 nitrogen and oxygen atoms in total. The van der Waals surface area contributed by atoms with E-state index in [4.69, 9.17) is 28.4 Å². The molecule has 0 bridgehead atoms. The fourth-order valence-corrected chi connectivity index (χ4v) is 10.1. The largest absolute Gasteiger partial charge is 1.00 e. The summed E-state index contributed by atoms with van der Waals surface area (Å²) < 4.78 is 35.7. The maximum absolute atomic E-state index is 12.9. The number of aliphatic hydroxyl groups excluding tert-OH is 1. The molecule has 0 saturated carbocycles. The minimum absolute atomic E-state index is 0. The predicted octanol–water partition coefficient (Wildman–Crippen LogP) is 13.3. The van der Waals surface area contributed by atoms with Crippen LogP contribution in [0.4, 0.5) is 0 Å². The Morgan fingerprint density at radius 2 is 1.16 bits per heavy atom. The van der Waals surface area contributed by atoms with Crippen LogP contribution in [0.5, 0.6) is 0 Å². The SMILES string of the molecule is CC[C@@H](C)C#CC(O)[C@H]1OC(C)(C)OC1C/C=C/c1cc(C)cc(C)c1C(=O)OCC[Si](C)(C)C.CC[C@H](C)C=C(Br)Br.Cc1cc(C)c(C(=O)OCC[Si](C)(C)C)c(/C=C/CC2OC(C)(C)O[C@@H]2C=O)c1.[CH2-]CCC.[Li+]. The quantitative estimate of drug-likeness (QED) is 0.0450. The van der Waals surface area contributed by atoms with E-state index in [1.54, 1.807) is 13.8 Å². The van der Waals surface area contributed by atoms with Crippen molar-refractivity contribution in [3.05, 3.63) is 97.3 Å². The average Bonchev–Trinajstić information content (AvgIpc) is 3.79. The van der Waals surface area contributed by atoms with Gasteiger partial charge in [-0.3, -0.25) is 0 Å². The van der Waals surface area contributed by atoms with Gasteiger partial charge < -0.3 is 45.2 Å². The van der Waals surface area contributed by atoms with E-state index in [1.807, 2.05) is 97.0 Å².